The number of oxime groups is 1. The molecule has 1 unspecified atom stereocenters. The Balaban J connectivity index is 1.42. The van der Waals surface area contributed by atoms with Gasteiger partial charge in [0.25, 0.3) is 5.91 Å². The average molecular weight is 340 g/mol. The first kappa shape index (κ1) is 17.1. The molecular weight excluding hydrogens is 319 g/mol. The lowest BCUT2D eigenvalue weighted by atomic mass is 10.0. The van der Waals surface area contributed by atoms with Gasteiger partial charge in [-0.3, -0.25) is 4.79 Å². The quantitative estimate of drug-likeness (QED) is 0.878. The highest BCUT2D eigenvalue weighted by molar-refractivity contribution is 5.93. The maximum Gasteiger partial charge on any atom is 0.264 e. The minimum Gasteiger partial charge on any atom is -0.382 e. The van der Waals surface area contributed by atoms with Gasteiger partial charge in [-0.05, 0) is 36.6 Å². The molecule has 1 aliphatic rings. The van der Waals surface area contributed by atoms with Crippen LogP contribution >= 0.6 is 0 Å². The van der Waals surface area contributed by atoms with E-state index in [9.17, 15) is 9.18 Å². The highest BCUT2D eigenvalue weighted by atomic mass is 19.1. The molecule has 130 valence electrons. The summed E-state index contributed by atoms with van der Waals surface area (Å²) < 4.78 is 12.9. The maximum atomic E-state index is 12.9. The zero-order valence-electron chi connectivity index (χ0n) is 14.2. The molecule has 25 heavy (non-hydrogen) atoms. The molecule has 2 aromatic rings. The van der Waals surface area contributed by atoms with Gasteiger partial charge < -0.3 is 10.2 Å². The van der Waals surface area contributed by atoms with E-state index >= 15 is 0 Å². The number of nitrogens with zero attached hydrogens (tertiary/aromatic N) is 1. The van der Waals surface area contributed by atoms with E-state index in [1.807, 2.05) is 6.92 Å². The predicted octanol–water partition coefficient (Wildman–Crippen LogP) is 3.18. The monoisotopic (exact) mass is 340 g/mol. The van der Waals surface area contributed by atoms with Gasteiger partial charge >= 0.3 is 0 Å². The van der Waals surface area contributed by atoms with Gasteiger partial charge in [0, 0.05) is 19.4 Å². The van der Waals surface area contributed by atoms with Crippen LogP contribution in [0.15, 0.2) is 53.7 Å². The molecule has 1 atom stereocenters. The Morgan fingerprint density at radius 3 is 2.56 bits per heavy atom. The van der Waals surface area contributed by atoms with E-state index in [-0.39, 0.29) is 11.7 Å². The van der Waals surface area contributed by atoms with E-state index in [0.29, 0.717) is 19.4 Å². The van der Waals surface area contributed by atoms with Gasteiger partial charge in [0.2, 0.25) is 6.10 Å². The van der Waals surface area contributed by atoms with Gasteiger partial charge in [-0.1, -0.05) is 47.1 Å². The van der Waals surface area contributed by atoms with E-state index in [1.54, 1.807) is 12.1 Å². The molecule has 0 radical (unpaired) electrons. The van der Waals surface area contributed by atoms with Crippen molar-refractivity contribution in [1.82, 2.24) is 5.32 Å². The SMILES string of the molecule is Cc1ccc(CCNC(=O)C2CC(Cc3ccc(F)cc3)=NO2)cc1. The maximum absolute atomic E-state index is 12.9. The number of benzene rings is 2. The Bertz CT molecular complexity index is 754. The summed E-state index contributed by atoms with van der Waals surface area (Å²) in [6, 6.07) is 14.5. The molecule has 0 aromatic heterocycles. The average Bonchev–Trinajstić information content (AvgIpc) is 3.07. The highest BCUT2D eigenvalue weighted by Gasteiger charge is 2.27. The second-order valence-electron chi connectivity index (χ2n) is 6.29. The van der Waals surface area contributed by atoms with E-state index in [1.165, 1.54) is 23.3 Å². The van der Waals surface area contributed by atoms with E-state index in [4.69, 9.17) is 4.84 Å². The largest absolute Gasteiger partial charge is 0.382 e. The fourth-order valence-corrected chi connectivity index (χ4v) is 2.71. The summed E-state index contributed by atoms with van der Waals surface area (Å²) in [6.07, 6.45) is 1.23. The first-order chi connectivity index (χ1) is 12.1. The summed E-state index contributed by atoms with van der Waals surface area (Å²) in [7, 11) is 0. The number of halogens is 1. The molecule has 0 saturated heterocycles. The van der Waals surface area contributed by atoms with Crippen LogP contribution in [0.5, 0.6) is 0 Å². The molecule has 0 bridgehead atoms. The molecular formula is C20H21FN2O2. The number of carbonyl (C=O) groups excluding carboxylic acids is 1. The number of aryl methyl sites for hydroxylation is 1. The molecule has 0 saturated carbocycles. The third-order valence-electron chi connectivity index (χ3n) is 4.18. The normalized spacial score (nSPS) is 16.2. The van der Waals surface area contributed by atoms with Gasteiger partial charge in [0.05, 0.1) is 5.71 Å². The molecule has 1 aliphatic heterocycles. The van der Waals surface area contributed by atoms with Crippen molar-refractivity contribution in [2.45, 2.75) is 32.3 Å². The van der Waals surface area contributed by atoms with Crippen molar-refractivity contribution in [2.24, 2.45) is 5.16 Å². The standard InChI is InChI=1S/C20H21FN2O2/c1-14-2-4-15(5-3-14)10-11-22-20(24)19-13-18(23-25-19)12-16-6-8-17(21)9-7-16/h2-9,19H,10-13H2,1H3,(H,22,24). The molecule has 1 heterocycles. The number of carbonyl (C=O) groups is 1. The number of rotatable bonds is 6. The molecule has 5 heteroatoms. The summed E-state index contributed by atoms with van der Waals surface area (Å²) in [5.41, 5.74) is 4.15. The fraction of sp³-hybridized carbons (Fsp3) is 0.300. The van der Waals surface area contributed by atoms with E-state index < -0.39 is 6.10 Å². The zero-order valence-corrected chi connectivity index (χ0v) is 14.2. The zero-order chi connectivity index (χ0) is 17.6. The van der Waals surface area contributed by atoms with Crippen LogP contribution in [-0.2, 0) is 22.5 Å². The third kappa shape index (κ3) is 4.89. The van der Waals surface area contributed by atoms with Crippen molar-refractivity contribution < 1.29 is 14.0 Å². The Morgan fingerprint density at radius 2 is 1.84 bits per heavy atom. The number of nitrogens with one attached hydrogen (secondary N) is 1. The van der Waals surface area contributed by atoms with Crippen LogP contribution in [0.3, 0.4) is 0 Å². The van der Waals surface area contributed by atoms with Crippen molar-refractivity contribution in [3.05, 3.63) is 71.0 Å². The first-order valence-corrected chi connectivity index (χ1v) is 8.39. The molecule has 1 amide bonds. The Hall–Kier alpha value is -2.69. The van der Waals surface area contributed by atoms with Crippen molar-refractivity contribution >= 4 is 11.6 Å². The van der Waals surface area contributed by atoms with Crippen LogP contribution < -0.4 is 5.32 Å². The Labute approximate surface area is 146 Å². The number of amides is 1. The first-order valence-electron chi connectivity index (χ1n) is 8.39. The minimum atomic E-state index is -0.575. The van der Waals surface area contributed by atoms with Gasteiger partial charge in [-0.15, -0.1) is 0 Å². The van der Waals surface area contributed by atoms with E-state index in [2.05, 4.69) is 34.7 Å². The molecule has 2 aromatic carbocycles. The smallest absolute Gasteiger partial charge is 0.264 e. The molecule has 3 rings (SSSR count). The van der Waals surface area contributed by atoms with Crippen LogP contribution in [0, 0.1) is 12.7 Å². The lowest BCUT2D eigenvalue weighted by Gasteiger charge is -2.09. The number of hydrogen-bond donors (Lipinski definition) is 1. The summed E-state index contributed by atoms with van der Waals surface area (Å²) in [5, 5.41) is 6.89. The highest BCUT2D eigenvalue weighted by Crippen LogP contribution is 2.15. The summed E-state index contributed by atoms with van der Waals surface area (Å²) in [4.78, 5) is 17.4. The van der Waals surface area contributed by atoms with Gasteiger partial charge in [-0.2, -0.15) is 0 Å². The van der Waals surface area contributed by atoms with E-state index in [0.717, 1.165) is 17.7 Å². The summed E-state index contributed by atoms with van der Waals surface area (Å²) in [6.45, 7) is 2.61. The lowest BCUT2D eigenvalue weighted by Crippen LogP contribution is -2.36. The van der Waals surface area contributed by atoms with Gasteiger partial charge in [-0.25, -0.2) is 4.39 Å². The van der Waals surface area contributed by atoms with Crippen LogP contribution in [0.2, 0.25) is 0 Å². The van der Waals surface area contributed by atoms with Crippen LogP contribution in [0.1, 0.15) is 23.1 Å². The molecule has 4 nitrogen and oxygen atoms in total. The van der Waals surface area contributed by atoms with Crippen molar-refractivity contribution in [2.75, 3.05) is 6.54 Å². The third-order valence-corrected chi connectivity index (χ3v) is 4.18. The fourth-order valence-electron chi connectivity index (χ4n) is 2.71. The van der Waals surface area contributed by atoms with Gasteiger partial charge in [0.15, 0.2) is 0 Å². The summed E-state index contributed by atoms with van der Waals surface area (Å²) >= 11 is 0. The Kier molecular flexibility index (Phi) is 5.43. The topological polar surface area (TPSA) is 50.7 Å². The van der Waals surface area contributed by atoms with Gasteiger partial charge in [0.1, 0.15) is 5.82 Å². The second-order valence-corrected chi connectivity index (χ2v) is 6.29. The lowest BCUT2D eigenvalue weighted by molar-refractivity contribution is -0.131. The van der Waals surface area contributed by atoms with Crippen molar-refractivity contribution in [3.63, 3.8) is 0 Å². The van der Waals surface area contributed by atoms with Crippen molar-refractivity contribution in [1.29, 1.82) is 0 Å². The predicted molar refractivity (Wildman–Crippen MR) is 94.9 cm³/mol. The molecule has 0 fully saturated rings. The molecule has 0 aliphatic carbocycles. The second kappa shape index (κ2) is 7.92. The Morgan fingerprint density at radius 1 is 1.16 bits per heavy atom. The van der Waals surface area contributed by atoms with Crippen LogP contribution in [-0.4, -0.2) is 24.3 Å². The van der Waals surface area contributed by atoms with Crippen LogP contribution in [0.25, 0.3) is 0 Å². The summed E-state index contributed by atoms with van der Waals surface area (Å²) in [5.74, 6) is -0.413. The van der Waals surface area contributed by atoms with Crippen LogP contribution in [0.4, 0.5) is 4.39 Å². The van der Waals surface area contributed by atoms with Crippen molar-refractivity contribution in [3.8, 4) is 0 Å². The minimum absolute atomic E-state index is 0.148. The molecule has 0 spiro atoms. The number of hydrogen-bond acceptors (Lipinski definition) is 3. The molecule has 1 N–H and O–H groups in total.